The molecule has 1 aliphatic rings. The lowest BCUT2D eigenvalue weighted by atomic mass is 9.75. The molecule has 0 aliphatic heterocycles. The van der Waals surface area contributed by atoms with Crippen LogP contribution >= 0.6 is 0 Å². The summed E-state index contributed by atoms with van der Waals surface area (Å²) in [4.78, 5) is 4.51. The minimum Gasteiger partial charge on any atom is -0.372 e. The van der Waals surface area contributed by atoms with E-state index in [-0.39, 0.29) is 17.4 Å². The van der Waals surface area contributed by atoms with Crippen LogP contribution in [0.5, 0.6) is 0 Å². The number of nitrogens with zero attached hydrogens (tertiary/aromatic N) is 2. The normalized spacial score (nSPS) is 18.4. The van der Waals surface area contributed by atoms with Crippen molar-refractivity contribution in [3.05, 3.63) is 29.6 Å². The molecule has 4 heteroatoms. The Balaban J connectivity index is 2.22. The van der Waals surface area contributed by atoms with Crippen LogP contribution in [0.2, 0.25) is 0 Å². The van der Waals surface area contributed by atoms with E-state index in [9.17, 15) is 4.39 Å². The first kappa shape index (κ1) is 16.2. The van der Waals surface area contributed by atoms with Gasteiger partial charge in [0.25, 0.3) is 0 Å². The van der Waals surface area contributed by atoms with Crippen molar-refractivity contribution in [1.82, 2.24) is 4.90 Å². The lowest BCUT2D eigenvalue weighted by Crippen LogP contribution is -2.56. The molecule has 21 heavy (non-hydrogen) atoms. The number of rotatable bonds is 6. The van der Waals surface area contributed by atoms with Crippen molar-refractivity contribution in [1.29, 1.82) is 0 Å². The van der Waals surface area contributed by atoms with E-state index in [1.807, 2.05) is 13.0 Å². The number of anilines is 1. The largest absolute Gasteiger partial charge is 0.372 e. The molecule has 2 N–H and O–H groups in total. The van der Waals surface area contributed by atoms with Crippen LogP contribution in [-0.2, 0) is 6.42 Å². The van der Waals surface area contributed by atoms with Gasteiger partial charge in [-0.1, -0.05) is 6.07 Å². The van der Waals surface area contributed by atoms with Gasteiger partial charge < -0.3 is 15.5 Å². The van der Waals surface area contributed by atoms with Gasteiger partial charge in [0.2, 0.25) is 0 Å². The highest BCUT2D eigenvalue weighted by molar-refractivity contribution is 5.54. The standard InChI is InChI=1S/C17H28FN3/c1-13(19)11-14-15(18)7-5-8-16(14)21(4)12-17(20(2)3)9-6-10-17/h5,7-8,13H,6,9-12,19H2,1-4H3. The zero-order chi connectivity index (χ0) is 15.6. The van der Waals surface area contributed by atoms with Gasteiger partial charge in [-0.25, -0.2) is 4.39 Å². The number of hydrogen-bond acceptors (Lipinski definition) is 3. The molecule has 1 aliphatic carbocycles. The molecule has 0 bridgehead atoms. The molecule has 1 unspecified atom stereocenters. The Labute approximate surface area is 127 Å². The van der Waals surface area contributed by atoms with Crippen LogP contribution in [0.3, 0.4) is 0 Å². The number of benzene rings is 1. The maximum absolute atomic E-state index is 14.2. The third-order valence-electron chi connectivity index (χ3n) is 4.80. The fourth-order valence-corrected chi connectivity index (χ4v) is 3.29. The smallest absolute Gasteiger partial charge is 0.128 e. The van der Waals surface area contributed by atoms with Crippen LogP contribution < -0.4 is 10.6 Å². The van der Waals surface area contributed by atoms with Crippen molar-refractivity contribution in [3.8, 4) is 0 Å². The monoisotopic (exact) mass is 293 g/mol. The van der Waals surface area contributed by atoms with Crippen LogP contribution in [0.4, 0.5) is 10.1 Å². The molecule has 1 saturated carbocycles. The van der Waals surface area contributed by atoms with Crippen LogP contribution in [0.15, 0.2) is 18.2 Å². The van der Waals surface area contributed by atoms with Gasteiger partial charge in [0.15, 0.2) is 0 Å². The van der Waals surface area contributed by atoms with Gasteiger partial charge in [-0.05, 0) is 58.8 Å². The van der Waals surface area contributed by atoms with Crippen LogP contribution in [-0.4, -0.2) is 44.2 Å². The number of hydrogen-bond donors (Lipinski definition) is 1. The molecular weight excluding hydrogens is 265 g/mol. The predicted molar refractivity (Wildman–Crippen MR) is 87.3 cm³/mol. The van der Waals surface area contributed by atoms with E-state index in [1.165, 1.54) is 25.3 Å². The Bertz CT molecular complexity index is 481. The molecular formula is C17H28FN3. The SMILES string of the molecule is CC(N)Cc1c(F)cccc1N(C)CC1(N(C)C)CCC1. The molecule has 1 aromatic carbocycles. The maximum atomic E-state index is 14.2. The Morgan fingerprint density at radius 3 is 2.43 bits per heavy atom. The maximum Gasteiger partial charge on any atom is 0.128 e. The summed E-state index contributed by atoms with van der Waals surface area (Å²) in [6.07, 6.45) is 4.27. The van der Waals surface area contributed by atoms with E-state index in [2.05, 4.69) is 30.9 Å². The zero-order valence-electron chi connectivity index (χ0n) is 13.7. The summed E-state index contributed by atoms with van der Waals surface area (Å²) in [6.45, 7) is 2.85. The number of nitrogens with two attached hydrogens (primary N) is 1. The van der Waals surface area contributed by atoms with Gasteiger partial charge in [-0.15, -0.1) is 0 Å². The summed E-state index contributed by atoms with van der Waals surface area (Å²) < 4.78 is 14.2. The van der Waals surface area contributed by atoms with Crippen LogP contribution in [0, 0.1) is 5.82 Å². The Hall–Kier alpha value is -1.13. The van der Waals surface area contributed by atoms with Gasteiger partial charge in [0.1, 0.15) is 5.82 Å². The summed E-state index contributed by atoms with van der Waals surface area (Å²) >= 11 is 0. The highest BCUT2D eigenvalue weighted by Gasteiger charge is 2.40. The Morgan fingerprint density at radius 1 is 1.29 bits per heavy atom. The van der Waals surface area contributed by atoms with Gasteiger partial charge in [-0.2, -0.15) is 0 Å². The first-order valence-electron chi connectivity index (χ1n) is 7.77. The Kier molecular flexibility index (Phi) is 4.89. The summed E-state index contributed by atoms with van der Waals surface area (Å²) in [7, 11) is 6.34. The van der Waals surface area contributed by atoms with Crippen molar-refractivity contribution in [3.63, 3.8) is 0 Å². The molecule has 1 fully saturated rings. The molecule has 1 aromatic rings. The molecule has 0 amide bonds. The molecule has 3 nitrogen and oxygen atoms in total. The third-order valence-corrected chi connectivity index (χ3v) is 4.80. The highest BCUT2D eigenvalue weighted by Crippen LogP contribution is 2.38. The third kappa shape index (κ3) is 3.38. The Morgan fingerprint density at radius 2 is 1.95 bits per heavy atom. The van der Waals surface area contributed by atoms with Crippen LogP contribution in [0.25, 0.3) is 0 Å². The molecule has 0 heterocycles. The van der Waals surface area contributed by atoms with Crippen LogP contribution in [0.1, 0.15) is 31.7 Å². The first-order chi connectivity index (χ1) is 9.85. The predicted octanol–water partition coefficient (Wildman–Crippen LogP) is 2.64. The summed E-state index contributed by atoms with van der Waals surface area (Å²) in [6, 6.07) is 5.28. The molecule has 2 rings (SSSR count). The minimum absolute atomic E-state index is 0.0411. The second-order valence-electron chi connectivity index (χ2n) is 6.75. The zero-order valence-corrected chi connectivity index (χ0v) is 13.7. The lowest BCUT2D eigenvalue weighted by Gasteiger charge is -2.49. The van der Waals surface area contributed by atoms with Crippen molar-refractivity contribution < 1.29 is 4.39 Å². The number of halogens is 1. The fraction of sp³-hybridized carbons (Fsp3) is 0.647. The van der Waals surface area contributed by atoms with E-state index in [0.717, 1.165) is 17.8 Å². The molecule has 0 radical (unpaired) electrons. The molecule has 118 valence electrons. The average molecular weight is 293 g/mol. The van der Waals surface area contributed by atoms with Gasteiger partial charge in [0, 0.05) is 36.4 Å². The fourth-order valence-electron chi connectivity index (χ4n) is 3.29. The first-order valence-corrected chi connectivity index (χ1v) is 7.77. The lowest BCUT2D eigenvalue weighted by molar-refractivity contribution is 0.0683. The van der Waals surface area contributed by atoms with E-state index < -0.39 is 0 Å². The van der Waals surface area contributed by atoms with E-state index in [4.69, 9.17) is 5.73 Å². The topological polar surface area (TPSA) is 32.5 Å². The highest BCUT2D eigenvalue weighted by atomic mass is 19.1. The van der Waals surface area contributed by atoms with Gasteiger partial charge in [-0.3, -0.25) is 0 Å². The van der Waals surface area contributed by atoms with E-state index in [0.29, 0.717) is 6.42 Å². The van der Waals surface area contributed by atoms with Crippen molar-refractivity contribution in [2.45, 2.75) is 44.2 Å². The van der Waals surface area contributed by atoms with Gasteiger partial charge in [0.05, 0.1) is 0 Å². The average Bonchev–Trinajstić information content (AvgIpc) is 2.35. The molecule has 1 atom stereocenters. The molecule has 0 saturated heterocycles. The minimum atomic E-state index is -0.149. The second-order valence-corrected chi connectivity index (χ2v) is 6.75. The second kappa shape index (κ2) is 6.32. The van der Waals surface area contributed by atoms with E-state index in [1.54, 1.807) is 6.07 Å². The summed E-state index contributed by atoms with van der Waals surface area (Å²) in [5.74, 6) is -0.149. The quantitative estimate of drug-likeness (QED) is 0.875. The number of likely N-dealkylation sites (N-methyl/N-ethyl adjacent to an activating group) is 2. The summed E-state index contributed by atoms with van der Waals surface area (Å²) in [5.41, 5.74) is 7.82. The molecule has 0 aromatic heterocycles. The van der Waals surface area contributed by atoms with Crippen molar-refractivity contribution in [2.75, 3.05) is 32.6 Å². The molecule has 0 spiro atoms. The van der Waals surface area contributed by atoms with Crippen molar-refractivity contribution >= 4 is 5.69 Å². The van der Waals surface area contributed by atoms with Gasteiger partial charge >= 0.3 is 0 Å². The van der Waals surface area contributed by atoms with E-state index >= 15 is 0 Å². The van der Waals surface area contributed by atoms with Crippen molar-refractivity contribution in [2.24, 2.45) is 5.73 Å². The summed E-state index contributed by atoms with van der Waals surface area (Å²) in [5, 5.41) is 0.